The molecule has 1 saturated heterocycles. The van der Waals surface area contributed by atoms with Crippen LogP contribution in [0.5, 0.6) is 5.75 Å². The van der Waals surface area contributed by atoms with Crippen LogP contribution in [0, 0.1) is 29.0 Å². The first kappa shape index (κ1) is 30.0. The molecule has 1 N–H and O–H groups in total. The Labute approximate surface area is 262 Å². The predicted octanol–water partition coefficient (Wildman–Crippen LogP) is 7.26. The van der Waals surface area contributed by atoms with E-state index in [1.54, 1.807) is 19.2 Å². The Hall–Kier alpha value is -4.09. The van der Waals surface area contributed by atoms with Crippen molar-refractivity contribution >= 4 is 29.2 Å². The van der Waals surface area contributed by atoms with Gasteiger partial charge in [-0.1, -0.05) is 35.9 Å². The van der Waals surface area contributed by atoms with Crippen LogP contribution in [0.2, 0.25) is 5.02 Å². The van der Waals surface area contributed by atoms with Gasteiger partial charge in [0.15, 0.2) is 0 Å². The zero-order valence-corrected chi connectivity index (χ0v) is 25.5. The molecule has 3 aliphatic rings. The molecule has 44 heavy (non-hydrogen) atoms. The molecule has 0 bridgehead atoms. The molecule has 6 rings (SSSR count). The van der Waals surface area contributed by atoms with Gasteiger partial charge in [0.05, 0.1) is 29.3 Å². The van der Waals surface area contributed by atoms with E-state index in [1.165, 1.54) is 23.8 Å². The molecule has 1 aliphatic heterocycles. The third kappa shape index (κ3) is 5.98. The van der Waals surface area contributed by atoms with Gasteiger partial charge in [0, 0.05) is 31.4 Å². The van der Waals surface area contributed by atoms with Crippen LogP contribution in [-0.4, -0.2) is 54.5 Å². The first-order valence-electron chi connectivity index (χ1n) is 15.3. The molecule has 3 atom stereocenters. The highest BCUT2D eigenvalue weighted by Crippen LogP contribution is 2.63. The van der Waals surface area contributed by atoms with Gasteiger partial charge in [-0.2, -0.15) is 5.26 Å². The molecule has 3 aromatic rings. The third-order valence-corrected chi connectivity index (χ3v) is 10.1. The second-order valence-corrected chi connectivity index (χ2v) is 12.7. The summed E-state index contributed by atoms with van der Waals surface area (Å²) in [5.41, 5.74) is 3.00. The Morgan fingerprint density at radius 2 is 1.91 bits per heavy atom. The molecule has 9 heteroatoms. The van der Waals surface area contributed by atoms with Crippen molar-refractivity contribution in [2.24, 2.45) is 11.8 Å². The van der Waals surface area contributed by atoms with Crippen molar-refractivity contribution in [3.63, 3.8) is 0 Å². The zero-order valence-electron chi connectivity index (χ0n) is 24.8. The highest BCUT2D eigenvalue weighted by molar-refractivity contribution is 6.31. The van der Waals surface area contributed by atoms with Gasteiger partial charge in [0.1, 0.15) is 11.6 Å². The molecule has 2 aliphatic carbocycles. The number of urea groups is 1. The van der Waals surface area contributed by atoms with Crippen LogP contribution < -0.4 is 10.1 Å². The fourth-order valence-corrected chi connectivity index (χ4v) is 7.48. The summed E-state index contributed by atoms with van der Waals surface area (Å²) in [5.74, 6) is 0.676. The van der Waals surface area contributed by atoms with E-state index in [0.29, 0.717) is 48.1 Å². The van der Waals surface area contributed by atoms with Crippen LogP contribution in [0.3, 0.4) is 0 Å². The lowest BCUT2D eigenvalue weighted by Gasteiger charge is -2.40. The SMILES string of the molecule is COc1ccccc1C(=O)N1CCC(CN(C(=O)Nc2ccc(F)c(Cl)c2)C2CC[C@]3(c4cccc(C#N)c4)C[C@@H]3C2)CC1. The van der Waals surface area contributed by atoms with E-state index >= 15 is 0 Å². The number of nitrogens with zero attached hydrogens (tertiary/aromatic N) is 3. The minimum atomic E-state index is -0.534. The largest absolute Gasteiger partial charge is 0.496 e. The number of carbonyl (C=O) groups is 2. The quantitative estimate of drug-likeness (QED) is 0.304. The molecule has 3 fully saturated rings. The maximum atomic E-state index is 13.8. The number of halogens is 2. The summed E-state index contributed by atoms with van der Waals surface area (Å²) in [6.45, 7) is 1.79. The molecular weight excluding hydrogens is 579 g/mol. The van der Waals surface area contributed by atoms with Gasteiger partial charge in [0.25, 0.3) is 5.91 Å². The summed E-state index contributed by atoms with van der Waals surface area (Å²) >= 11 is 6.00. The van der Waals surface area contributed by atoms with Crippen molar-refractivity contribution in [1.82, 2.24) is 9.80 Å². The molecule has 0 aromatic heterocycles. The van der Waals surface area contributed by atoms with E-state index < -0.39 is 5.82 Å². The number of anilines is 1. The van der Waals surface area contributed by atoms with Gasteiger partial charge >= 0.3 is 6.03 Å². The Morgan fingerprint density at radius 1 is 1.11 bits per heavy atom. The Morgan fingerprint density at radius 3 is 2.64 bits per heavy atom. The summed E-state index contributed by atoms with van der Waals surface area (Å²) in [7, 11) is 1.57. The van der Waals surface area contributed by atoms with Gasteiger partial charge in [-0.3, -0.25) is 4.79 Å². The summed E-state index contributed by atoms with van der Waals surface area (Å²) in [6.07, 6.45) is 5.33. The topological polar surface area (TPSA) is 85.7 Å². The van der Waals surface area contributed by atoms with Gasteiger partial charge in [-0.15, -0.1) is 0 Å². The number of para-hydroxylation sites is 1. The van der Waals surface area contributed by atoms with Gasteiger partial charge in [-0.25, -0.2) is 9.18 Å². The third-order valence-electron chi connectivity index (χ3n) is 9.85. The van der Waals surface area contributed by atoms with Gasteiger partial charge in [-0.05, 0) is 104 Å². The highest BCUT2D eigenvalue weighted by atomic mass is 35.5. The molecule has 0 spiro atoms. The normalized spacial score (nSPS) is 22.8. The number of hydrogen-bond donors (Lipinski definition) is 1. The van der Waals surface area contributed by atoms with Crippen LogP contribution in [0.4, 0.5) is 14.9 Å². The van der Waals surface area contributed by atoms with Gasteiger partial charge < -0.3 is 19.9 Å². The fourth-order valence-electron chi connectivity index (χ4n) is 7.30. The van der Waals surface area contributed by atoms with Crippen LogP contribution in [0.25, 0.3) is 0 Å². The first-order chi connectivity index (χ1) is 21.3. The van der Waals surface area contributed by atoms with Crippen LogP contribution in [0.15, 0.2) is 66.7 Å². The first-order valence-corrected chi connectivity index (χ1v) is 15.6. The molecule has 0 radical (unpaired) electrons. The summed E-state index contributed by atoms with van der Waals surface area (Å²) in [6, 6.07) is 21.5. The molecular formula is C35H36ClFN4O3. The second kappa shape index (κ2) is 12.5. The molecule has 1 heterocycles. The Kier molecular flexibility index (Phi) is 8.50. The number of benzene rings is 3. The standard InChI is InChI=1S/C35H36ClFN4O3/c1-44-32-8-3-2-7-29(32)33(42)40-15-12-23(13-16-40)22-41(34(43)39-27-9-10-31(37)30(36)19-27)28-11-14-35(20-26(35)18-28)25-6-4-5-24(17-25)21-38/h2-10,17,19,23,26,28H,11-16,18,20,22H2,1H3,(H,39,43)/t26-,28?,35+/m0/s1. The zero-order chi connectivity index (χ0) is 30.8. The summed E-state index contributed by atoms with van der Waals surface area (Å²) < 4.78 is 19.2. The number of ether oxygens (including phenoxy) is 1. The van der Waals surface area contributed by atoms with E-state index in [0.717, 1.165) is 38.5 Å². The lowest BCUT2D eigenvalue weighted by atomic mass is 9.79. The van der Waals surface area contributed by atoms with Crippen molar-refractivity contribution in [2.45, 2.75) is 50.0 Å². The van der Waals surface area contributed by atoms with Crippen LogP contribution in [0.1, 0.15) is 60.0 Å². The Balaban J connectivity index is 1.15. The average molecular weight is 615 g/mol. The Bertz CT molecular complexity index is 1600. The smallest absolute Gasteiger partial charge is 0.322 e. The number of nitrogens with one attached hydrogen (secondary N) is 1. The fraction of sp³-hybridized carbons (Fsp3) is 0.400. The number of likely N-dealkylation sites (tertiary alicyclic amines) is 1. The van der Waals surface area contributed by atoms with E-state index in [9.17, 15) is 19.2 Å². The predicted molar refractivity (Wildman–Crippen MR) is 167 cm³/mol. The minimum absolute atomic E-state index is 0.0403. The molecule has 2 saturated carbocycles. The number of methoxy groups -OCH3 is 1. The van der Waals surface area contributed by atoms with Crippen molar-refractivity contribution in [1.29, 1.82) is 5.26 Å². The number of piperidine rings is 1. The number of carbonyl (C=O) groups excluding carboxylic acids is 2. The van der Waals surface area contributed by atoms with E-state index in [4.69, 9.17) is 16.3 Å². The van der Waals surface area contributed by atoms with Crippen molar-refractivity contribution in [3.05, 3.63) is 94.3 Å². The molecule has 7 nitrogen and oxygen atoms in total. The van der Waals surface area contributed by atoms with Crippen molar-refractivity contribution in [3.8, 4) is 11.8 Å². The maximum absolute atomic E-state index is 13.8. The van der Waals surface area contributed by atoms with Crippen LogP contribution >= 0.6 is 11.6 Å². The molecule has 228 valence electrons. The van der Waals surface area contributed by atoms with E-state index in [-0.39, 0.29) is 34.3 Å². The van der Waals surface area contributed by atoms with Crippen molar-refractivity contribution < 1.29 is 18.7 Å². The van der Waals surface area contributed by atoms with E-state index in [1.807, 2.05) is 40.1 Å². The van der Waals surface area contributed by atoms with Crippen molar-refractivity contribution in [2.75, 3.05) is 32.1 Å². The number of amides is 3. The highest BCUT2D eigenvalue weighted by Gasteiger charge is 2.58. The number of rotatable bonds is 7. The molecule has 3 aromatic carbocycles. The van der Waals surface area contributed by atoms with Crippen LogP contribution in [-0.2, 0) is 5.41 Å². The lowest BCUT2D eigenvalue weighted by Crippen LogP contribution is -2.49. The number of hydrogen-bond acceptors (Lipinski definition) is 4. The second-order valence-electron chi connectivity index (χ2n) is 12.3. The maximum Gasteiger partial charge on any atom is 0.322 e. The summed E-state index contributed by atoms with van der Waals surface area (Å²) in [4.78, 5) is 30.9. The van der Waals surface area contributed by atoms with E-state index in [2.05, 4.69) is 17.5 Å². The number of fused-ring (bicyclic) bond motifs is 1. The van der Waals surface area contributed by atoms with Gasteiger partial charge in [0.2, 0.25) is 0 Å². The molecule has 3 amide bonds. The summed E-state index contributed by atoms with van der Waals surface area (Å²) in [5, 5.41) is 12.3. The number of nitriles is 1. The molecule has 1 unspecified atom stereocenters. The monoisotopic (exact) mass is 614 g/mol. The minimum Gasteiger partial charge on any atom is -0.496 e. The lowest BCUT2D eigenvalue weighted by molar-refractivity contribution is 0.0653. The average Bonchev–Trinajstić information content (AvgIpc) is 3.80.